The summed E-state index contributed by atoms with van der Waals surface area (Å²) in [7, 11) is 0. The predicted octanol–water partition coefficient (Wildman–Crippen LogP) is 11.0. The summed E-state index contributed by atoms with van der Waals surface area (Å²) in [6.07, 6.45) is 8.04. The molecule has 0 saturated carbocycles. The SMILES string of the molecule is C=N/C=C(\C=N/Cn1c2ccccc2c2cc3ccn(-c4ccccc4)c3cc21)n1c2ccccc2c2cc3ccn(-c4ccccc4)c3cc21. The molecule has 0 aliphatic carbocycles. The summed E-state index contributed by atoms with van der Waals surface area (Å²) in [5.41, 5.74) is 9.87. The Morgan fingerprint density at radius 1 is 0.510 bits per heavy atom. The normalized spacial score (nSPS) is 12.5. The number of fused-ring (bicyclic) bond motifs is 8. The van der Waals surface area contributed by atoms with Gasteiger partial charge in [-0.15, -0.1) is 0 Å². The second-order valence-corrected chi connectivity index (χ2v) is 12.9. The highest BCUT2D eigenvalue weighted by atomic mass is 15.1. The minimum absolute atomic E-state index is 0.439. The molecule has 4 heterocycles. The smallest absolute Gasteiger partial charge is 0.115 e. The molecule has 4 aromatic heterocycles. The predicted molar refractivity (Wildman–Crippen MR) is 215 cm³/mol. The monoisotopic (exact) mass is 656 g/mol. The summed E-state index contributed by atoms with van der Waals surface area (Å²) < 4.78 is 9.06. The van der Waals surface area contributed by atoms with E-state index < -0.39 is 0 Å². The van der Waals surface area contributed by atoms with Crippen molar-refractivity contribution in [1.29, 1.82) is 0 Å². The molecule has 0 radical (unpaired) electrons. The van der Waals surface area contributed by atoms with Crippen LogP contribution in [0.2, 0.25) is 0 Å². The molecule has 6 nitrogen and oxygen atoms in total. The molecule has 0 unspecified atom stereocenters. The minimum Gasteiger partial charge on any atom is -0.320 e. The van der Waals surface area contributed by atoms with Gasteiger partial charge in [-0.2, -0.15) is 0 Å². The van der Waals surface area contributed by atoms with Gasteiger partial charge in [-0.05, 0) is 79.5 Å². The van der Waals surface area contributed by atoms with E-state index in [-0.39, 0.29) is 0 Å². The highest BCUT2D eigenvalue weighted by molar-refractivity contribution is 6.18. The van der Waals surface area contributed by atoms with Crippen LogP contribution < -0.4 is 0 Å². The zero-order chi connectivity index (χ0) is 33.9. The van der Waals surface area contributed by atoms with Crippen molar-refractivity contribution in [2.24, 2.45) is 9.98 Å². The van der Waals surface area contributed by atoms with E-state index in [0.717, 1.165) is 50.2 Å². The van der Waals surface area contributed by atoms with E-state index in [0.29, 0.717) is 6.67 Å². The standard InChI is InChI=1S/C45H32N6/c1-46-28-35(51-41-19-11-9-17-37(41)39-25-32-21-23-49(43(32)27-45(39)51)34-14-6-3-7-15-34)29-47-30-50-40-18-10-8-16-36(40)38-24-31-20-22-48(42(31)26-44(38)50)33-12-4-2-5-13-33/h2-29H,1,30H2/b35-28+,47-29-. The van der Waals surface area contributed by atoms with Crippen molar-refractivity contribution in [3.63, 3.8) is 0 Å². The van der Waals surface area contributed by atoms with Gasteiger partial charge in [-0.3, -0.25) is 9.98 Å². The molecule has 6 aromatic carbocycles. The third-order valence-electron chi connectivity index (χ3n) is 10.1. The van der Waals surface area contributed by atoms with Gasteiger partial charge in [-0.1, -0.05) is 72.8 Å². The Balaban J connectivity index is 1.12. The van der Waals surface area contributed by atoms with Gasteiger partial charge in [0.15, 0.2) is 0 Å². The fourth-order valence-electron chi connectivity index (χ4n) is 7.79. The van der Waals surface area contributed by atoms with Crippen LogP contribution in [0.5, 0.6) is 0 Å². The number of benzene rings is 6. The molecule has 0 bridgehead atoms. The van der Waals surface area contributed by atoms with Crippen LogP contribution in [0.25, 0.3) is 82.5 Å². The average molecular weight is 657 g/mol. The molecule has 0 aliphatic heterocycles. The van der Waals surface area contributed by atoms with Crippen molar-refractivity contribution in [2.75, 3.05) is 0 Å². The molecule has 0 N–H and O–H groups in total. The van der Waals surface area contributed by atoms with Crippen molar-refractivity contribution in [3.05, 3.63) is 164 Å². The van der Waals surface area contributed by atoms with E-state index in [1.54, 1.807) is 6.20 Å². The lowest BCUT2D eigenvalue weighted by Crippen LogP contribution is -2.01. The van der Waals surface area contributed by atoms with Crippen LogP contribution in [-0.4, -0.2) is 31.2 Å². The maximum atomic E-state index is 5.12. The summed E-state index contributed by atoms with van der Waals surface area (Å²) >= 11 is 0. The van der Waals surface area contributed by atoms with E-state index in [4.69, 9.17) is 4.99 Å². The van der Waals surface area contributed by atoms with Crippen LogP contribution in [0, 0.1) is 0 Å². The third kappa shape index (κ3) is 4.57. The molecule has 242 valence electrons. The van der Waals surface area contributed by atoms with Crippen molar-refractivity contribution >= 4 is 84.0 Å². The molecule has 0 spiro atoms. The Morgan fingerprint density at radius 2 is 1.04 bits per heavy atom. The molecular formula is C45H32N6. The van der Waals surface area contributed by atoms with Gasteiger partial charge in [0.1, 0.15) is 6.67 Å². The van der Waals surface area contributed by atoms with Gasteiger partial charge in [-0.25, -0.2) is 0 Å². The second kappa shape index (κ2) is 11.6. The number of rotatable bonds is 7. The lowest BCUT2D eigenvalue weighted by molar-refractivity contribution is 0.796. The summed E-state index contributed by atoms with van der Waals surface area (Å²) in [4.78, 5) is 9.38. The lowest BCUT2D eigenvalue weighted by Gasteiger charge is -2.10. The molecule has 0 fully saturated rings. The van der Waals surface area contributed by atoms with Gasteiger partial charge in [0.2, 0.25) is 0 Å². The minimum atomic E-state index is 0.439. The average Bonchev–Trinajstić information content (AvgIpc) is 3.95. The Labute approximate surface area is 293 Å². The summed E-state index contributed by atoms with van der Waals surface area (Å²) in [5.74, 6) is 0. The molecule has 0 atom stereocenters. The number of hydrogen-bond acceptors (Lipinski definition) is 2. The van der Waals surface area contributed by atoms with Crippen molar-refractivity contribution in [1.82, 2.24) is 18.3 Å². The maximum absolute atomic E-state index is 5.12. The quantitative estimate of drug-likeness (QED) is 0.153. The first kappa shape index (κ1) is 29.0. The summed E-state index contributed by atoms with van der Waals surface area (Å²) in [6, 6.07) is 51.7. The van der Waals surface area contributed by atoms with E-state index in [1.807, 2.05) is 12.3 Å². The summed E-state index contributed by atoms with van der Waals surface area (Å²) in [5, 5.41) is 7.19. The summed E-state index contributed by atoms with van der Waals surface area (Å²) in [6.45, 7) is 4.29. The van der Waals surface area contributed by atoms with Gasteiger partial charge in [0, 0.05) is 62.3 Å². The topological polar surface area (TPSA) is 44.4 Å². The number of aliphatic imine (C=N–C) groups is 2. The molecule has 10 rings (SSSR count). The van der Waals surface area contributed by atoms with Crippen molar-refractivity contribution in [3.8, 4) is 11.4 Å². The van der Waals surface area contributed by atoms with E-state index in [1.165, 1.54) is 32.3 Å². The highest BCUT2D eigenvalue weighted by Gasteiger charge is 2.17. The lowest BCUT2D eigenvalue weighted by atomic mass is 10.1. The number of hydrogen-bond donors (Lipinski definition) is 0. The molecule has 0 saturated heterocycles. The number of allylic oxidation sites excluding steroid dienone is 1. The molecular weight excluding hydrogens is 625 g/mol. The van der Waals surface area contributed by atoms with Crippen LogP contribution in [0.3, 0.4) is 0 Å². The molecule has 0 amide bonds. The van der Waals surface area contributed by atoms with E-state index in [2.05, 4.69) is 182 Å². The first-order chi connectivity index (χ1) is 25.3. The Bertz CT molecular complexity index is 3000. The molecule has 0 aliphatic rings. The largest absolute Gasteiger partial charge is 0.320 e. The fraction of sp³-hybridized carbons (Fsp3) is 0.0222. The molecule has 6 heteroatoms. The Morgan fingerprint density at radius 3 is 1.67 bits per heavy atom. The third-order valence-corrected chi connectivity index (χ3v) is 10.1. The Hall–Kier alpha value is -6.92. The highest BCUT2D eigenvalue weighted by Crippen LogP contribution is 2.36. The first-order valence-corrected chi connectivity index (χ1v) is 17.1. The van der Waals surface area contributed by atoms with Crippen LogP contribution in [-0.2, 0) is 6.67 Å². The first-order valence-electron chi connectivity index (χ1n) is 17.1. The Kier molecular flexibility index (Phi) is 6.61. The molecule has 10 aromatic rings. The van der Waals surface area contributed by atoms with Gasteiger partial charge in [0.25, 0.3) is 0 Å². The maximum Gasteiger partial charge on any atom is 0.115 e. The van der Waals surface area contributed by atoms with Gasteiger partial charge >= 0.3 is 0 Å². The van der Waals surface area contributed by atoms with E-state index in [9.17, 15) is 0 Å². The van der Waals surface area contributed by atoms with Crippen LogP contribution >= 0.6 is 0 Å². The van der Waals surface area contributed by atoms with Gasteiger partial charge < -0.3 is 18.3 Å². The number of aromatic nitrogens is 4. The fourth-order valence-corrected chi connectivity index (χ4v) is 7.79. The van der Waals surface area contributed by atoms with Crippen LogP contribution in [0.1, 0.15) is 0 Å². The molecule has 51 heavy (non-hydrogen) atoms. The van der Waals surface area contributed by atoms with E-state index >= 15 is 0 Å². The second-order valence-electron chi connectivity index (χ2n) is 12.9. The van der Waals surface area contributed by atoms with Crippen LogP contribution in [0.4, 0.5) is 0 Å². The van der Waals surface area contributed by atoms with Crippen LogP contribution in [0.15, 0.2) is 174 Å². The zero-order valence-electron chi connectivity index (χ0n) is 27.8. The van der Waals surface area contributed by atoms with Crippen molar-refractivity contribution < 1.29 is 0 Å². The number of para-hydroxylation sites is 4. The van der Waals surface area contributed by atoms with Gasteiger partial charge in [0.05, 0.1) is 45.0 Å². The number of nitrogens with zero attached hydrogens (tertiary/aromatic N) is 6. The zero-order valence-corrected chi connectivity index (χ0v) is 27.8. The van der Waals surface area contributed by atoms with Crippen molar-refractivity contribution in [2.45, 2.75) is 6.67 Å².